The fourth-order valence-electron chi connectivity index (χ4n) is 3.11. The summed E-state index contributed by atoms with van der Waals surface area (Å²) in [7, 11) is 1.50. The predicted molar refractivity (Wildman–Crippen MR) is 112 cm³/mol. The summed E-state index contributed by atoms with van der Waals surface area (Å²) in [6, 6.07) is 11.5. The zero-order valence-corrected chi connectivity index (χ0v) is 17.1. The molecule has 30 heavy (non-hydrogen) atoms. The molecule has 2 aromatic carbocycles. The Kier molecular flexibility index (Phi) is 6.90. The Labute approximate surface area is 175 Å². The molecule has 1 heterocycles. The lowest BCUT2D eigenvalue weighted by molar-refractivity contribution is -0.117. The first-order valence-corrected chi connectivity index (χ1v) is 9.85. The van der Waals surface area contributed by atoms with Crippen molar-refractivity contribution in [2.24, 2.45) is 0 Å². The van der Waals surface area contributed by atoms with Crippen LogP contribution in [-0.4, -0.2) is 38.0 Å². The van der Waals surface area contributed by atoms with E-state index < -0.39 is 11.8 Å². The zero-order chi connectivity index (χ0) is 21.5. The van der Waals surface area contributed by atoms with Crippen molar-refractivity contribution in [1.82, 2.24) is 10.9 Å². The van der Waals surface area contributed by atoms with Gasteiger partial charge in [-0.3, -0.25) is 25.2 Å². The van der Waals surface area contributed by atoms with Crippen molar-refractivity contribution < 1.29 is 23.9 Å². The maximum absolute atomic E-state index is 12.4. The molecular formula is C22H25N3O5. The zero-order valence-electron chi connectivity index (χ0n) is 17.1. The first-order chi connectivity index (χ1) is 14.5. The van der Waals surface area contributed by atoms with Gasteiger partial charge in [-0.15, -0.1) is 0 Å². The van der Waals surface area contributed by atoms with E-state index in [2.05, 4.69) is 10.9 Å². The topological polar surface area (TPSA) is 97.0 Å². The van der Waals surface area contributed by atoms with Gasteiger partial charge in [0.05, 0.1) is 13.7 Å². The number of nitrogens with one attached hydrogen (secondary N) is 2. The van der Waals surface area contributed by atoms with Crippen molar-refractivity contribution in [3.8, 4) is 11.5 Å². The molecule has 0 spiro atoms. The third-order valence-corrected chi connectivity index (χ3v) is 4.69. The fourth-order valence-corrected chi connectivity index (χ4v) is 3.11. The highest BCUT2D eigenvalue weighted by Crippen LogP contribution is 2.28. The van der Waals surface area contributed by atoms with E-state index in [4.69, 9.17) is 9.47 Å². The van der Waals surface area contributed by atoms with Crippen LogP contribution in [0.15, 0.2) is 42.5 Å². The minimum absolute atomic E-state index is 0.0843. The van der Waals surface area contributed by atoms with Crippen LogP contribution in [0.2, 0.25) is 0 Å². The monoisotopic (exact) mass is 411 g/mol. The Morgan fingerprint density at radius 3 is 2.27 bits per heavy atom. The summed E-state index contributed by atoms with van der Waals surface area (Å²) in [5, 5.41) is 0. The molecule has 8 nitrogen and oxygen atoms in total. The molecule has 1 saturated heterocycles. The Hall–Kier alpha value is -3.55. The minimum atomic E-state index is -0.483. The Morgan fingerprint density at radius 2 is 1.67 bits per heavy atom. The molecule has 2 N–H and O–H groups in total. The summed E-state index contributed by atoms with van der Waals surface area (Å²) in [5.41, 5.74) is 6.22. The lowest BCUT2D eigenvalue weighted by Crippen LogP contribution is -2.41. The molecule has 0 aliphatic carbocycles. The van der Waals surface area contributed by atoms with Crippen LogP contribution in [-0.2, 0) is 4.79 Å². The van der Waals surface area contributed by atoms with E-state index in [1.165, 1.54) is 7.11 Å². The minimum Gasteiger partial charge on any atom is -0.493 e. The second-order valence-corrected chi connectivity index (χ2v) is 6.82. The molecule has 158 valence electrons. The number of nitrogens with zero attached hydrogens (tertiary/aromatic N) is 1. The van der Waals surface area contributed by atoms with Crippen LogP contribution < -0.4 is 25.2 Å². The number of carbonyl (C=O) groups excluding carboxylic acids is 3. The van der Waals surface area contributed by atoms with Gasteiger partial charge in [0, 0.05) is 29.8 Å². The summed E-state index contributed by atoms with van der Waals surface area (Å²) in [6.45, 7) is 3.23. The van der Waals surface area contributed by atoms with Gasteiger partial charge in [0.1, 0.15) is 0 Å². The largest absolute Gasteiger partial charge is 0.493 e. The van der Waals surface area contributed by atoms with Crippen LogP contribution in [0.25, 0.3) is 0 Å². The highest BCUT2D eigenvalue weighted by Gasteiger charge is 2.21. The van der Waals surface area contributed by atoms with E-state index >= 15 is 0 Å². The highest BCUT2D eigenvalue weighted by atomic mass is 16.5. The van der Waals surface area contributed by atoms with Crippen LogP contribution in [0.4, 0.5) is 5.69 Å². The number of hydrogen-bond acceptors (Lipinski definition) is 5. The van der Waals surface area contributed by atoms with Gasteiger partial charge >= 0.3 is 0 Å². The van der Waals surface area contributed by atoms with Crippen LogP contribution in [0.5, 0.6) is 11.5 Å². The van der Waals surface area contributed by atoms with Crippen molar-refractivity contribution in [3.63, 3.8) is 0 Å². The maximum atomic E-state index is 12.4. The van der Waals surface area contributed by atoms with Gasteiger partial charge in [0.15, 0.2) is 11.5 Å². The quantitative estimate of drug-likeness (QED) is 0.683. The van der Waals surface area contributed by atoms with Gasteiger partial charge < -0.3 is 14.4 Å². The van der Waals surface area contributed by atoms with Gasteiger partial charge in [-0.1, -0.05) is 6.92 Å². The standard InChI is InChI=1S/C22H25N3O5/c1-3-13-30-18-11-8-16(14-19(18)29-2)22(28)24-23-21(27)15-6-9-17(10-7-15)25-12-4-5-20(25)26/h6-11,14H,3-5,12-13H2,1-2H3,(H,23,27)(H,24,28). The fraction of sp³-hybridized carbons (Fsp3) is 0.318. The molecule has 0 bridgehead atoms. The average Bonchev–Trinajstić information content (AvgIpc) is 3.21. The number of benzene rings is 2. The van der Waals surface area contributed by atoms with E-state index in [9.17, 15) is 14.4 Å². The Bertz CT molecular complexity index is 927. The predicted octanol–water partition coefficient (Wildman–Crippen LogP) is 2.69. The number of amides is 3. The second-order valence-electron chi connectivity index (χ2n) is 6.82. The molecule has 0 aromatic heterocycles. The molecule has 0 radical (unpaired) electrons. The first kappa shape index (κ1) is 21.2. The molecule has 1 aliphatic rings. The number of hydrazine groups is 1. The highest BCUT2D eigenvalue weighted by molar-refractivity contribution is 6.00. The summed E-state index contributed by atoms with van der Waals surface area (Å²) < 4.78 is 10.8. The van der Waals surface area contributed by atoms with Crippen LogP contribution in [0, 0.1) is 0 Å². The van der Waals surface area contributed by atoms with Gasteiger partial charge in [0.2, 0.25) is 5.91 Å². The molecule has 0 unspecified atom stereocenters. The van der Waals surface area contributed by atoms with E-state index in [-0.39, 0.29) is 5.91 Å². The van der Waals surface area contributed by atoms with E-state index in [0.29, 0.717) is 42.2 Å². The van der Waals surface area contributed by atoms with Gasteiger partial charge in [-0.25, -0.2) is 0 Å². The Balaban J connectivity index is 1.59. The molecule has 8 heteroatoms. The number of carbonyl (C=O) groups is 3. The van der Waals surface area contributed by atoms with E-state index in [1.54, 1.807) is 47.4 Å². The molecule has 2 aromatic rings. The van der Waals surface area contributed by atoms with Crippen molar-refractivity contribution in [2.45, 2.75) is 26.2 Å². The van der Waals surface area contributed by atoms with Crippen LogP contribution >= 0.6 is 0 Å². The third kappa shape index (κ3) is 4.89. The van der Waals surface area contributed by atoms with Gasteiger partial charge in [0.25, 0.3) is 11.8 Å². The number of anilines is 1. The summed E-state index contributed by atoms with van der Waals surface area (Å²) in [4.78, 5) is 38.2. The maximum Gasteiger partial charge on any atom is 0.269 e. The summed E-state index contributed by atoms with van der Waals surface area (Å²) in [5.74, 6) is 0.132. The van der Waals surface area contributed by atoms with Crippen molar-refractivity contribution in [3.05, 3.63) is 53.6 Å². The first-order valence-electron chi connectivity index (χ1n) is 9.85. The summed E-state index contributed by atoms with van der Waals surface area (Å²) in [6.07, 6.45) is 2.24. The van der Waals surface area contributed by atoms with Crippen molar-refractivity contribution >= 4 is 23.4 Å². The molecule has 0 atom stereocenters. The molecule has 1 fully saturated rings. The normalized spacial score (nSPS) is 13.1. The van der Waals surface area contributed by atoms with Crippen LogP contribution in [0.3, 0.4) is 0 Å². The molecule has 1 aliphatic heterocycles. The van der Waals surface area contributed by atoms with Crippen LogP contribution in [0.1, 0.15) is 46.9 Å². The molecule has 0 saturated carbocycles. The smallest absolute Gasteiger partial charge is 0.269 e. The van der Waals surface area contributed by atoms with Crippen molar-refractivity contribution in [1.29, 1.82) is 0 Å². The summed E-state index contributed by atoms with van der Waals surface area (Å²) >= 11 is 0. The number of ether oxygens (including phenoxy) is 2. The second kappa shape index (κ2) is 9.78. The lowest BCUT2D eigenvalue weighted by atomic mass is 10.2. The van der Waals surface area contributed by atoms with Gasteiger partial charge in [-0.05, 0) is 55.3 Å². The van der Waals surface area contributed by atoms with Gasteiger partial charge in [-0.2, -0.15) is 0 Å². The third-order valence-electron chi connectivity index (χ3n) is 4.69. The average molecular weight is 411 g/mol. The lowest BCUT2D eigenvalue weighted by Gasteiger charge is -2.16. The molecular weight excluding hydrogens is 386 g/mol. The number of methoxy groups -OCH3 is 1. The SMILES string of the molecule is CCCOc1ccc(C(=O)NNC(=O)c2ccc(N3CCCC3=O)cc2)cc1OC. The van der Waals surface area contributed by atoms with E-state index in [0.717, 1.165) is 18.5 Å². The van der Waals surface area contributed by atoms with E-state index in [1.807, 2.05) is 6.92 Å². The molecule has 3 amide bonds. The number of rotatable bonds is 7. The Morgan fingerprint density at radius 1 is 1.00 bits per heavy atom. The molecule has 3 rings (SSSR count). The van der Waals surface area contributed by atoms with Crippen molar-refractivity contribution in [2.75, 3.05) is 25.2 Å². The number of hydrogen-bond donors (Lipinski definition) is 2.